The lowest BCUT2D eigenvalue weighted by molar-refractivity contribution is 0.0947. The Kier molecular flexibility index (Phi) is 7.16. The van der Waals surface area contributed by atoms with Gasteiger partial charge in [-0.3, -0.25) is 14.7 Å². The van der Waals surface area contributed by atoms with E-state index in [1.165, 1.54) is 10.9 Å². The highest BCUT2D eigenvalue weighted by Gasteiger charge is 2.25. The van der Waals surface area contributed by atoms with E-state index in [9.17, 15) is 4.79 Å². The molecule has 0 aliphatic rings. The van der Waals surface area contributed by atoms with E-state index in [2.05, 4.69) is 59.5 Å². The molecular weight excluding hydrogens is 388 g/mol. The third-order valence-corrected chi connectivity index (χ3v) is 4.21. The molecule has 1 amide bonds. The summed E-state index contributed by atoms with van der Waals surface area (Å²) in [5.74, 6) is -0.254. The topological polar surface area (TPSA) is 153 Å². The number of aromatic nitrogens is 6. The number of amides is 1. The molecule has 0 atom stereocenters. The number of carbonyl (C=O) groups excluding carboxylic acids is 1. The summed E-state index contributed by atoms with van der Waals surface area (Å²) in [6.45, 7) is 6.33. The predicted molar refractivity (Wildman–Crippen MR) is 109 cm³/mol. The molecule has 3 aromatic heterocycles. The van der Waals surface area contributed by atoms with Crippen molar-refractivity contribution in [1.82, 2.24) is 40.6 Å². The lowest BCUT2D eigenvalue weighted by atomic mass is 10.2. The van der Waals surface area contributed by atoms with Crippen molar-refractivity contribution in [3.05, 3.63) is 41.5 Å². The molecular formula is C18H24N10O2. The number of hydrazone groups is 1. The van der Waals surface area contributed by atoms with Crippen LogP contribution in [0.4, 0.5) is 5.82 Å². The van der Waals surface area contributed by atoms with Crippen LogP contribution in [0, 0.1) is 0 Å². The van der Waals surface area contributed by atoms with Gasteiger partial charge in [0.15, 0.2) is 5.69 Å². The first-order valence-corrected chi connectivity index (χ1v) is 9.62. The molecule has 0 saturated heterocycles. The standard InChI is InChI=1S/C18H24N10O2/c1-3-9-27(10-4-2)12-14-15(22-26-28(14)17-16(19)24-30-25-17)18(29)23-21-11-13-5-7-20-8-6-13/h5-8,11H,3-4,9-10,12H2,1-2H3,(H2,19,24)(H,23,29)/b21-11-. The molecule has 3 N–H and O–H groups in total. The van der Waals surface area contributed by atoms with Gasteiger partial charge in [0.25, 0.3) is 5.91 Å². The Bertz CT molecular complexity index is 976. The van der Waals surface area contributed by atoms with Crippen LogP contribution in [0.25, 0.3) is 5.82 Å². The van der Waals surface area contributed by atoms with E-state index in [0.717, 1.165) is 31.5 Å². The second-order valence-corrected chi connectivity index (χ2v) is 6.53. The van der Waals surface area contributed by atoms with Gasteiger partial charge in [-0.05, 0) is 53.9 Å². The van der Waals surface area contributed by atoms with E-state index in [4.69, 9.17) is 5.73 Å². The van der Waals surface area contributed by atoms with Gasteiger partial charge in [0.05, 0.1) is 11.9 Å². The SMILES string of the molecule is CCCN(CCC)Cc1c(C(=O)N/N=C\c2ccncc2)nnn1-c1nonc1N. The normalized spacial score (nSPS) is 11.4. The quantitative estimate of drug-likeness (QED) is 0.367. The third-order valence-electron chi connectivity index (χ3n) is 4.21. The maximum absolute atomic E-state index is 12.8. The number of rotatable bonds is 10. The fourth-order valence-corrected chi connectivity index (χ4v) is 2.91. The molecule has 0 unspecified atom stereocenters. The van der Waals surface area contributed by atoms with Crippen molar-refractivity contribution in [2.75, 3.05) is 18.8 Å². The maximum atomic E-state index is 12.8. The Balaban J connectivity index is 1.87. The molecule has 3 rings (SSSR count). The molecule has 3 aromatic rings. The summed E-state index contributed by atoms with van der Waals surface area (Å²) in [6, 6.07) is 3.54. The van der Waals surface area contributed by atoms with Gasteiger partial charge in [-0.2, -0.15) is 9.78 Å². The highest BCUT2D eigenvalue weighted by molar-refractivity contribution is 5.94. The van der Waals surface area contributed by atoms with E-state index in [-0.39, 0.29) is 17.3 Å². The molecule has 0 radical (unpaired) electrons. The van der Waals surface area contributed by atoms with Crippen LogP contribution in [0.3, 0.4) is 0 Å². The summed E-state index contributed by atoms with van der Waals surface area (Å²) in [4.78, 5) is 18.9. The molecule has 12 heteroatoms. The van der Waals surface area contributed by atoms with Gasteiger partial charge in [-0.15, -0.1) is 5.10 Å². The largest absolute Gasteiger partial charge is 0.378 e. The molecule has 158 valence electrons. The molecule has 0 bridgehead atoms. The second kappa shape index (κ2) is 10.2. The fourth-order valence-electron chi connectivity index (χ4n) is 2.91. The van der Waals surface area contributed by atoms with Crippen LogP contribution in [0.15, 0.2) is 34.3 Å². The molecule has 0 aromatic carbocycles. The first kappa shape index (κ1) is 21.0. The van der Waals surface area contributed by atoms with Gasteiger partial charge in [0.2, 0.25) is 11.6 Å². The van der Waals surface area contributed by atoms with E-state index in [1.807, 2.05) is 0 Å². The number of nitrogens with one attached hydrogen (secondary N) is 1. The van der Waals surface area contributed by atoms with E-state index < -0.39 is 5.91 Å². The third kappa shape index (κ3) is 5.03. The maximum Gasteiger partial charge on any atom is 0.293 e. The van der Waals surface area contributed by atoms with Crippen LogP contribution in [-0.4, -0.2) is 60.4 Å². The summed E-state index contributed by atoms with van der Waals surface area (Å²) in [5, 5.41) is 19.4. The first-order chi connectivity index (χ1) is 14.6. The van der Waals surface area contributed by atoms with Gasteiger partial charge >= 0.3 is 0 Å². The molecule has 0 saturated carbocycles. The molecule has 0 fully saturated rings. The molecule has 12 nitrogen and oxygen atoms in total. The average Bonchev–Trinajstić information content (AvgIpc) is 3.35. The van der Waals surface area contributed by atoms with Crippen LogP contribution < -0.4 is 11.2 Å². The van der Waals surface area contributed by atoms with E-state index in [1.54, 1.807) is 24.5 Å². The molecule has 0 aliphatic carbocycles. The summed E-state index contributed by atoms with van der Waals surface area (Å²) in [6.07, 6.45) is 6.72. The van der Waals surface area contributed by atoms with Crippen molar-refractivity contribution >= 4 is 17.9 Å². The number of pyridine rings is 1. The molecule has 3 heterocycles. The number of carbonyl (C=O) groups is 1. The Morgan fingerprint density at radius 2 is 2.00 bits per heavy atom. The van der Waals surface area contributed by atoms with Gasteiger partial charge in [0.1, 0.15) is 0 Å². The highest BCUT2D eigenvalue weighted by atomic mass is 16.6. The summed E-state index contributed by atoms with van der Waals surface area (Å²) in [7, 11) is 0. The zero-order valence-corrected chi connectivity index (χ0v) is 16.9. The number of nitrogens with zero attached hydrogens (tertiary/aromatic N) is 8. The van der Waals surface area contributed by atoms with E-state index in [0.29, 0.717) is 12.2 Å². The summed E-state index contributed by atoms with van der Waals surface area (Å²) in [5.41, 5.74) is 9.75. The van der Waals surface area contributed by atoms with Crippen molar-refractivity contribution < 1.29 is 9.42 Å². The zero-order chi connectivity index (χ0) is 21.3. The number of nitrogens with two attached hydrogens (primary N) is 1. The summed E-state index contributed by atoms with van der Waals surface area (Å²) >= 11 is 0. The minimum Gasteiger partial charge on any atom is -0.378 e. The van der Waals surface area contributed by atoms with Crippen molar-refractivity contribution in [1.29, 1.82) is 0 Å². The van der Waals surface area contributed by atoms with Gasteiger partial charge in [0, 0.05) is 18.9 Å². The number of nitrogen functional groups attached to an aromatic ring is 1. The van der Waals surface area contributed by atoms with Crippen LogP contribution in [0.5, 0.6) is 0 Å². The Morgan fingerprint density at radius 1 is 1.27 bits per heavy atom. The number of hydrogen-bond acceptors (Lipinski definition) is 10. The number of hydrogen-bond donors (Lipinski definition) is 2. The fraction of sp³-hybridized carbons (Fsp3) is 0.389. The molecule has 0 spiro atoms. The monoisotopic (exact) mass is 412 g/mol. The lowest BCUT2D eigenvalue weighted by Gasteiger charge is -2.21. The van der Waals surface area contributed by atoms with Crippen molar-refractivity contribution in [2.45, 2.75) is 33.2 Å². The lowest BCUT2D eigenvalue weighted by Crippen LogP contribution is -2.28. The Labute approximate surface area is 173 Å². The highest BCUT2D eigenvalue weighted by Crippen LogP contribution is 2.18. The van der Waals surface area contributed by atoms with Crippen LogP contribution >= 0.6 is 0 Å². The second-order valence-electron chi connectivity index (χ2n) is 6.53. The van der Waals surface area contributed by atoms with Gasteiger partial charge in [-0.25, -0.2) is 10.1 Å². The van der Waals surface area contributed by atoms with Crippen molar-refractivity contribution in [3.63, 3.8) is 0 Å². The zero-order valence-electron chi connectivity index (χ0n) is 16.9. The van der Waals surface area contributed by atoms with Crippen LogP contribution in [-0.2, 0) is 6.54 Å². The number of anilines is 1. The smallest absolute Gasteiger partial charge is 0.293 e. The Morgan fingerprint density at radius 3 is 2.63 bits per heavy atom. The van der Waals surface area contributed by atoms with Gasteiger partial charge < -0.3 is 5.73 Å². The predicted octanol–water partition coefficient (Wildman–Crippen LogP) is 1.01. The first-order valence-electron chi connectivity index (χ1n) is 9.62. The van der Waals surface area contributed by atoms with Crippen LogP contribution in [0.2, 0.25) is 0 Å². The van der Waals surface area contributed by atoms with Crippen LogP contribution in [0.1, 0.15) is 48.4 Å². The summed E-state index contributed by atoms with van der Waals surface area (Å²) < 4.78 is 6.06. The van der Waals surface area contributed by atoms with E-state index >= 15 is 0 Å². The molecule has 30 heavy (non-hydrogen) atoms. The molecule has 0 aliphatic heterocycles. The Hall–Kier alpha value is -3.67. The average molecular weight is 412 g/mol. The van der Waals surface area contributed by atoms with Crippen molar-refractivity contribution in [2.24, 2.45) is 5.10 Å². The van der Waals surface area contributed by atoms with Gasteiger partial charge in [-0.1, -0.05) is 19.1 Å². The van der Waals surface area contributed by atoms with Crippen molar-refractivity contribution in [3.8, 4) is 5.82 Å². The minimum absolute atomic E-state index is 0.0568. The minimum atomic E-state index is -0.496.